The Morgan fingerprint density at radius 3 is 2.46 bits per heavy atom. The van der Waals surface area contributed by atoms with Crippen LogP contribution < -0.4 is 9.46 Å². The highest BCUT2D eigenvalue weighted by atomic mass is 32.2. The summed E-state index contributed by atoms with van der Waals surface area (Å²) in [6, 6.07) is 21.2. The van der Waals surface area contributed by atoms with E-state index in [0.29, 0.717) is 25.4 Å². The molecule has 46 heavy (non-hydrogen) atoms. The summed E-state index contributed by atoms with van der Waals surface area (Å²) in [6.07, 6.45) is 2.21. The second-order valence-corrected chi connectivity index (χ2v) is 14.3. The van der Waals surface area contributed by atoms with Crippen LogP contribution in [0.2, 0.25) is 0 Å². The first-order valence-corrected chi connectivity index (χ1v) is 17.6. The van der Waals surface area contributed by atoms with Crippen LogP contribution in [-0.2, 0) is 21.3 Å². The van der Waals surface area contributed by atoms with Gasteiger partial charge in [-0.1, -0.05) is 55.0 Å². The molecule has 1 aliphatic heterocycles. The molecule has 3 aromatic rings. The Morgan fingerprint density at radius 2 is 1.76 bits per heavy atom. The number of sulfonamides is 1. The number of aryl methyl sites for hydroxylation is 1. The molecule has 0 saturated heterocycles. The van der Waals surface area contributed by atoms with E-state index < -0.39 is 16.1 Å². The Labute approximate surface area is 274 Å². The number of nitrogens with one attached hydrogen (secondary N) is 1. The van der Waals surface area contributed by atoms with Crippen LogP contribution >= 0.6 is 0 Å². The number of aliphatic hydroxyl groups is 1. The molecule has 9 nitrogen and oxygen atoms in total. The van der Waals surface area contributed by atoms with Gasteiger partial charge in [0.25, 0.3) is 15.9 Å². The first kappa shape index (κ1) is 35.4. The molecule has 0 radical (unpaired) electrons. The molecule has 3 aromatic carbocycles. The van der Waals surface area contributed by atoms with Gasteiger partial charge in [-0.15, -0.1) is 0 Å². The van der Waals surface area contributed by atoms with Crippen molar-refractivity contribution in [3.05, 3.63) is 89.5 Å². The van der Waals surface area contributed by atoms with Crippen LogP contribution in [0.15, 0.2) is 77.7 Å². The van der Waals surface area contributed by atoms with Crippen molar-refractivity contribution in [2.75, 3.05) is 38.1 Å². The molecule has 0 fully saturated rings. The van der Waals surface area contributed by atoms with E-state index >= 15 is 0 Å². The van der Waals surface area contributed by atoms with Crippen molar-refractivity contribution in [1.82, 2.24) is 9.80 Å². The van der Waals surface area contributed by atoms with Crippen molar-refractivity contribution in [2.45, 2.75) is 76.6 Å². The molecule has 4 rings (SSSR count). The van der Waals surface area contributed by atoms with Gasteiger partial charge in [0.15, 0.2) is 0 Å². The number of aliphatic hydroxyl groups excluding tert-OH is 1. The molecule has 10 heteroatoms. The number of hydrogen-bond acceptors (Lipinski definition) is 7. The Bertz CT molecular complexity index is 1520. The predicted octanol–water partition coefficient (Wildman–Crippen LogP) is 5.72. The summed E-state index contributed by atoms with van der Waals surface area (Å²) >= 11 is 0. The summed E-state index contributed by atoms with van der Waals surface area (Å²) in [7, 11) is -1.82. The first-order chi connectivity index (χ1) is 22.0. The van der Waals surface area contributed by atoms with Crippen LogP contribution in [0, 0.1) is 12.8 Å². The number of benzene rings is 3. The molecule has 0 bridgehead atoms. The van der Waals surface area contributed by atoms with E-state index in [-0.39, 0.29) is 46.8 Å². The zero-order valence-corrected chi connectivity index (χ0v) is 28.5. The van der Waals surface area contributed by atoms with Crippen molar-refractivity contribution >= 4 is 21.6 Å². The van der Waals surface area contributed by atoms with Gasteiger partial charge in [0.1, 0.15) is 5.75 Å². The van der Waals surface area contributed by atoms with Gasteiger partial charge in [0, 0.05) is 37.8 Å². The lowest BCUT2D eigenvalue weighted by Crippen LogP contribution is -2.47. The fourth-order valence-corrected chi connectivity index (χ4v) is 6.70. The number of amides is 1. The molecular weight excluding hydrogens is 602 g/mol. The third-order valence-corrected chi connectivity index (χ3v) is 9.82. The van der Waals surface area contributed by atoms with Crippen LogP contribution in [0.5, 0.6) is 5.75 Å². The van der Waals surface area contributed by atoms with Gasteiger partial charge in [0.2, 0.25) is 0 Å². The van der Waals surface area contributed by atoms with E-state index in [1.54, 1.807) is 48.2 Å². The molecule has 0 saturated carbocycles. The van der Waals surface area contributed by atoms with E-state index in [2.05, 4.69) is 35.7 Å². The van der Waals surface area contributed by atoms with Crippen molar-refractivity contribution in [1.29, 1.82) is 0 Å². The maximum absolute atomic E-state index is 14.4. The summed E-state index contributed by atoms with van der Waals surface area (Å²) in [5, 5.41) is 10.2. The monoisotopic (exact) mass is 651 g/mol. The molecule has 250 valence electrons. The van der Waals surface area contributed by atoms with Gasteiger partial charge < -0.3 is 19.5 Å². The highest BCUT2D eigenvalue weighted by molar-refractivity contribution is 7.92. The number of carbonyl (C=O) groups excluding carboxylic acids is 1. The van der Waals surface area contributed by atoms with E-state index in [4.69, 9.17) is 9.47 Å². The molecule has 4 atom stereocenters. The second kappa shape index (κ2) is 16.4. The number of anilines is 1. The minimum atomic E-state index is -3.90. The van der Waals surface area contributed by atoms with Crippen molar-refractivity contribution in [2.24, 2.45) is 5.92 Å². The van der Waals surface area contributed by atoms with Crippen LogP contribution in [-0.4, -0.2) is 80.8 Å². The topological polar surface area (TPSA) is 108 Å². The summed E-state index contributed by atoms with van der Waals surface area (Å²) in [5.41, 5.74) is 2.64. The number of ether oxygens (including phenoxy) is 2. The Morgan fingerprint density at radius 1 is 1.04 bits per heavy atom. The zero-order chi connectivity index (χ0) is 33.3. The zero-order valence-electron chi connectivity index (χ0n) is 27.7. The number of rotatable bonds is 9. The van der Waals surface area contributed by atoms with E-state index in [1.807, 2.05) is 32.0 Å². The third kappa shape index (κ3) is 9.78. The molecule has 0 aromatic heterocycles. The molecule has 0 unspecified atom stereocenters. The largest absolute Gasteiger partial charge is 0.490 e. The van der Waals surface area contributed by atoms with Crippen molar-refractivity contribution < 1.29 is 27.8 Å². The van der Waals surface area contributed by atoms with E-state index in [0.717, 1.165) is 31.4 Å². The average molecular weight is 652 g/mol. The molecule has 1 amide bonds. The van der Waals surface area contributed by atoms with Crippen LogP contribution in [0.3, 0.4) is 0 Å². The summed E-state index contributed by atoms with van der Waals surface area (Å²) in [5.74, 6) is -0.0305. The maximum Gasteiger partial charge on any atom is 0.261 e. The lowest BCUT2D eigenvalue weighted by molar-refractivity contribution is -0.0177. The number of fused-ring (bicyclic) bond motifs is 1. The summed E-state index contributed by atoms with van der Waals surface area (Å²) in [4.78, 5) is 18.4. The molecule has 1 aliphatic rings. The quantitative estimate of drug-likeness (QED) is 0.305. The Kier molecular flexibility index (Phi) is 12.6. The number of likely N-dealkylation sites (N-methyl/N-ethyl adjacent to an activating group) is 1. The average Bonchev–Trinajstić information content (AvgIpc) is 3.03. The number of nitrogens with zero attached hydrogens (tertiary/aromatic N) is 2. The fourth-order valence-electron chi connectivity index (χ4n) is 5.65. The maximum atomic E-state index is 14.4. The minimum Gasteiger partial charge on any atom is -0.490 e. The minimum absolute atomic E-state index is 0.0642. The lowest BCUT2D eigenvalue weighted by Gasteiger charge is -2.36. The highest BCUT2D eigenvalue weighted by Gasteiger charge is 2.30. The van der Waals surface area contributed by atoms with Crippen LogP contribution in [0.25, 0.3) is 0 Å². The Balaban J connectivity index is 1.64. The lowest BCUT2D eigenvalue weighted by atomic mass is 10.0. The normalized spacial score (nSPS) is 20.8. The van der Waals surface area contributed by atoms with Gasteiger partial charge in [-0.2, -0.15) is 0 Å². The molecule has 1 heterocycles. The number of hydrogen-bond donors (Lipinski definition) is 2. The van der Waals surface area contributed by atoms with Crippen molar-refractivity contribution in [3.63, 3.8) is 0 Å². The van der Waals surface area contributed by atoms with Crippen LogP contribution in [0.1, 0.15) is 61.5 Å². The van der Waals surface area contributed by atoms with Gasteiger partial charge in [-0.25, -0.2) is 8.42 Å². The third-order valence-electron chi connectivity index (χ3n) is 8.42. The molecular formula is C36H49N3O6S. The molecule has 0 aliphatic carbocycles. The van der Waals surface area contributed by atoms with Crippen LogP contribution in [0.4, 0.5) is 5.69 Å². The number of carbonyl (C=O) groups is 1. The van der Waals surface area contributed by atoms with Gasteiger partial charge >= 0.3 is 0 Å². The van der Waals surface area contributed by atoms with Crippen molar-refractivity contribution in [3.8, 4) is 5.75 Å². The van der Waals surface area contributed by atoms with Gasteiger partial charge in [-0.05, 0) is 83.0 Å². The van der Waals surface area contributed by atoms with E-state index in [1.165, 1.54) is 11.6 Å². The van der Waals surface area contributed by atoms with Gasteiger partial charge in [0.05, 0.1) is 35.3 Å². The van der Waals surface area contributed by atoms with E-state index in [9.17, 15) is 18.3 Å². The SMILES string of the molecule is Cc1ccc(S(=O)(=O)Nc2ccc3c(c2)C(=O)N([C@H](C)CO)C[C@H](C)[C@H](CN(C)Cc2ccccc2)OCCCC[C@H](C)O3)cc1. The summed E-state index contributed by atoms with van der Waals surface area (Å²) in [6.45, 7) is 9.88. The second-order valence-electron chi connectivity index (χ2n) is 12.6. The predicted molar refractivity (Wildman–Crippen MR) is 182 cm³/mol. The fraction of sp³-hybridized carbons (Fsp3) is 0.472. The van der Waals surface area contributed by atoms with Gasteiger partial charge in [-0.3, -0.25) is 14.4 Å². The summed E-state index contributed by atoms with van der Waals surface area (Å²) < 4.78 is 41.8. The highest BCUT2D eigenvalue weighted by Crippen LogP contribution is 2.29. The molecule has 2 N–H and O–H groups in total. The Hall–Kier alpha value is -3.44. The standard InChI is InChI=1S/C36H49N3O6S/c1-26-14-17-32(18-15-26)46(42,43)37-31-16-19-34-33(21-31)36(41)39(28(3)25-40)22-27(2)35(44-20-10-9-11-29(4)45-34)24-38(5)23-30-12-7-6-8-13-30/h6-8,12-19,21,27-29,35,37,40H,9-11,20,22-25H2,1-5H3/t27-,28+,29-,35-/m0/s1. The smallest absolute Gasteiger partial charge is 0.261 e. The molecule has 0 spiro atoms. The first-order valence-electron chi connectivity index (χ1n) is 16.1.